The molecule has 1 atom stereocenters. The molecule has 1 aliphatic rings. The Hall–Kier alpha value is -2.56. The molecule has 1 heterocycles. The van der Waals surface area contributed by atoms with Crippen LogP contribution in [0.4, 0.5) is 0 Å². The number of carbonyl (C=O) groups is 2. The van der Waals surface area contributed by atoms with Crippen LogP contribution in [0.15, 0.2) is 24.3 Å². The summed E-state index contributed by atoms with van der Waals surface area (Å²) in [4.78, 5) is 27.8. The van der Waals surface area contributed by atoms with Crippen LogP contribution in [-0.2, 0) is 11.2 Å². The van der Waals surface area contributed by atoms with Gasteiger partial charge in [0.15, 0.2) is 0 Å². The quantitative estimate of drug-likeness (QED) is 0.847. The molecule has 0 fully saturated rings. The van der Waals surface area contributed by atoms with E-state index in [1.807, 2.05) is 12.1 Å². The fraction of sp³-hybridized carbons (Fsp3) is 0.368. The van der Waals surface area contributed by atoms with Crippen LogP contribution in [-0.4, -0.2) is 23.5 Å². The van der Waals surface area contributed by atoms with Crippen molar-refractivity contribution >= 4 is 11.9 Å². The van der Waals surface area contributed by atoms with E-state index in [1.165, 1.54) is 11.1 Å². The van der Waals surface area contributed by atoms with Crippen molar-refractivity contribution < 1.29 is 14.3 Å². The van der Waals surface area contributed by atoms with Gasteiger partial charge in [0, 0.05) is 5.69 Å². The zero-order valence-electron chi connectivity index (χ0n) is 14.2. The van der Waals surface area contributed by atoms with E-state index >= 15 is 0 Å². The van der Waals surface area contributed by atoms with Crippen LogP contribution in [0.25, 0.3) is 0 Å². The van der Waals surface area contributed by atoms with E-state index in [-0.39, 0.29) is 11.9 Å². The van der Waals surface area contributed by atoms with Gasteiger partial charge in [0.25, 0.3) is 5.91 Å². The number of rotatable bonds is 4. The maximum absolute atomic E-state index is 12.7. The van der Waals surface area contributed by atoms with Crippen molar-refractivity contribution in [2.24, 2.45) is 0 Å². The molecule has 0 saturated carbocycles. The van der Waals surface area contributed by atoms with Gasteiger partial charge in [-0.15, -0.1) is 0 Å². The molecule has 1 amide bonds. The second-order valence-corrected chi connectivity index (χ2v) is 6.11. The number of esters is 1. The molecule has 0 radical (unpaired) electrons. The van der Waals surface area contributed by atoms with Gasteiger partial charge in [-0.3, -0.25) is 4.79 Å². The Labute approximate surface area is 141 Å². The van der Waals surface area contributed by atoms with Crippen molar-refractivity contribution in [2.45, 2.75) is 39.7 Å². The van der Waals surface area contributed by atoms with Gasteiger partial charge >= 0.3 is 5.97 Å². The molecule has 3 rings (SSSR count). The van der Waals surface area contributed by atoms with Gasteiger partial charge in [0.05, 0.1) is 18.2 Å². The summed E-state index contributed by atoms with van der Waals surface area (Å²) in [6.07, 6.45) is 1.87. The Morgan fingerprint density at radius 2 is 2.04 bits per heavy atom. The smallest absolute Gasteiger partial charge is 0.340 e. The van der Waals surface area contributed by atoms with Crippen molar-refractivity contribution in [3.8, 4) is 0 Å². The number of H-pyrrole nitrogens is 1. The predicted molar refractivity (Wildman–Crippen MR) is 91.2 cm³/mol. The third-order valence-electron chi connectivity index (χ3n) is 4.58. The summed E-state index contributed by atoms with van der Waals surface area (Å²) < 4.78 is 5.07. The number of benzene rings is 1. The summed E-state index contributed by atoms with van der Waals surface area (Å²) in [5.74, 6) is -0.582. The molecule has 2 N–H and O–H groups in total. The van der Waals surface area contributed by atoms with Crippen LogP contribution in [0.5, 0.6) is 0 Å². The first-order valence-electron chi connectivity index (χ1n) is 8.27. The molecule has 0 bridgehead atoms. The predicted octanol–water partition coefficient (Wildman–Crippen LogP) is 3.23. The van der Waals surface area contributed by atoms with Crippen LogP contribution in [0.2, 0.25) is 0 Å². The van der Waals surface area contributed by atoms with Gasteiger partial charge < -0.3 is 15.0 Å². The minimum Gasteiger partial charge on any atom is -0.462 e. The number of hydrogen-bond donors (Lipinski definition) is 2. The Balaban J connectivity index is 1.82. The molecule has 1 aliphatic carbocycles. The summed E-state index contributed by atoms with van der Waals surface area (Å²) in [7, 11) is 0. The number of fused-ring (bicyclic) bond motifs is 1. The maximum atomic E-state index is 12.7. The minimum atomic E-state index is -0.394. The zero-order chi connectivity index (χ0) is 17.3. The fourth-order valence-corrected chi connectivity index (χ4v) is 3.42. The first kappa shape index (κ1) is 16.3. The lowest BCUT2D eigenvalue weighted by Gasteiger charge is -2.14. The molecule has 0 aliphatic heterocycles. The second kappa shape index (κ2) is 6.51. The highest BCUT2D eigenvalue weighted by Crippen LogP contribution is 2.31. The van der Waals surface area contributed by atoms with E-state index in [4.69, 9.17) is 4.74 Å². The summed E-state index contributed by atoms with van der Waals surface area (Å²) in [5.41, 5.74) is 4.64. The molecular formula is C19H22N2O3. The van der Waals surface area contributed by atoms with Crippen LogP contribution in [0.1, 0.15) is 62.6 Å². The highest BCUT2D eigenvalue weighted by atomic mass is 16.5. The van der Waals surface area contributed by atoms with Gasteiger partial charge in [-0.1, -0.05) is 24.3 Å². The molecule has 1 unspecified atom stereocenters. The molecule has 2 aromatic rings. The molecule has 0 saturated heterocycles. The van der Waals surface area contributed by atoms with Crippen molar-refractivity contribution in [1.29, 1.82) is 0 Å². The van der Waals surface area contributed by atoms with Gasteiger partial charge in [-0.2, -0.15) is 0 Å². The molecule has 1 aromatic heterocycles. The number of amides is 1. The molecule has 0 spiro atoms. The summed E-state index contributed by atoms with van der Waals surface area (Å²) in [6.45, 7) is 5.62. The molecule has 1 aromatic carbocycles. The third-order valence-corrected chi connectivity index (χ3v) is 4.58. The van der Waals surface area contributed by atoms with E-state index in [0.717, 1.165) is 12.8 Å². The van der Waals surface area contributed by atoms with E-state index < -0.39 is 5.97 Å². The lowest BCUT2D eigenvalue weighted by molar-refractivity contribution is 0.0525. The number of hydrogen-bond acceptors (Lipinski definition) is 3. The van der Waals surface area contributed by atoms with Crippen LogP contribution in [0.3, 0.4) is 0 Å². The molecule has 24 heavy (non-hydrogen) atoms. The average Bonchev–Trinajstić information content (AvgIpc) is 3.09. The van der Waals surface area contributed by atoms with Crippen molar-refractivity contribution in [3.05, 3.63) is 57.9 Å². The first-order chi connectivity index (χ1) is 11.5. The van der Waals surface area contributed by atoms with Gasteiger partial charge in [0.1, 0.15) is 5.69 Å². The van der Waals surface area contributed by atoms with Crippen LogP contribution in [0, 0.1) is 13.8 Å². The normalized spacial score (nSPS) is 15.9. The maximum Gasteiger partial charge on any atom is 0.340 e. The van der Waals surface area contributed by atoms with E-state index in [0.29, 0.717) is 29.1 Å². The molecule has 126 valence electrons. The highest BCUT2D eigenvalue weighted by molar-refractivity contribution is 6.00. The second-order valence-electron chi connectivity index (χ2n) is 6.11. The molecular weight excluding hydrogens is 304 g/mol. The van der Waals surface area contributed by atoms with E-state index in [2.05, 4.69) is 22.4 Å². The molecule has 5 nitrogen and oxygen atoms in total. The Morgan fingerprint density at radius 3 is 2.79 bits per heavy atom. The summed E-state index contributed by atoms with van der Waals surface area (Å²) in [5, 5.41) is 3.08. The summed E-state index contributed by atoms with van der Waals surface area (Å²) >= 11 is 0. The zero-order valence-corrected chi connectivity index (χ0v) is 14.2. The standard InChI is InChI=1S/C19H22N2O3/c1-4-24-19(23)16-11(2)17(20-12(16)3)18(22)21-15-10-9-13-7-5-6-8-14(13)15/h5-8,15,20H,4,9-10H2,1-3H3,(H,21,22). The van der Waals surface area contributed by atoms with Crippen LogP contribution < -0.4 is 5.32 Å². The monoisotopic (exact) mass is 326 g/mol. The largest absolute Gasteiger partial charge is 0.462 e. The van der Waals surface area contributed by atoms with Gasteiger partial charge in [-0.05, 0) is 50.3 Å². The van der Waals surface area contributed by atoms with E-state index in [1.54, 1.807) is 20.8 Å². The average molecular weight is 326 g/mol. The highest BCUT2D eigenvalue weighted by Gasteiger charge is 2.27. The Bertz CT molecular complexity index is 792. The topological polar surface area (TPSA) is 71.2 Å². The number of ether oxygens (including phenoxy) is 1. The molecule has 5 heteroatoms. The number of carbonyl (C=O) groups excluding carboxylic acids is 2. The number of aromatic amines is 1. The summed E-state index contributed by atoms with van der Waals surface area (Å²) in [6, 6.07) is 8.19. The lowest BCUT2D eigenvalue weighted by atomic mass is 10.1. The van der Waals surface area contributed by atoms with Crippen LogP contribution >= 0.6 is 0 Å². The Morgan fingerprint density at radius 1 is 1.29 bits per heavy atom. The number of aryl methyl sites for hydroxylation is 2. The fourth-order valence-electron chi connectivity index (χ4n) is 3.42. The van der Waals surface area contributed by atoms with E-state index in [9.17, 15) is 9.59 Å². The lowest BCUT2D eigenvalue weighted by Crippen LogP contribution is -2.28. The van der Waals surface area contributed by atoms with Gasteiger partial charge in [-0.25, -0.2) is 4.79 Å². The van der Waals surface area contributed by atoms with Gasteiger partial charge in [0.2, 0.25) is 0 Å². The third kappa shape index (κ3) is 2.82. The van der Waals surface area contributed by atoms with Crippen molar-refractivity contribution in [1.82, 2.24) is 10.3 Å². The minimum absolute atomic E-state index is 0.0164. The Kier molecular flexibility index (Phi) is 4.42. The van der Waals surface area contributed by atoms with Crippen molar-refractivity contribution in [2.75, 3.05) is 6.61 Å². The van der Waals surface area contributed by atoms with Crippen molar-refractivity contribution in [3.63, 3.8) is 0 Å². The first-order valence-corrected chi connectivity index (χ1v) is 8.27. The number of aromatic nitrogens is 1. The number of nitrogens with one attached hydrogen (secondary N) is 2. The SMILES string of the molecule is CCOC(=O)c1c(C)[nH]c(C(=O)NC2CCc3ccccc32)c1C.